The summed E-state index contributed by atoms with van der Waals surface area (Å²) in [5.41, 5.74) is 10.2. The van der Waals surface area contributed by atoms with Gasteiger partial charge >= 0.3 is 119 Å². The number of hydrogen-bond donors (Lipinski definition) is 0. The molecule has 1 radical (unpaired) electrons. The SMILES string of the molecule is CC(C)c1cc(-c2[c-]cccc2)nc[c]1[Ge]([CH3])([CH3])[CH3].CC(C)c1ccnc(-c2[c-]ccc3c2oc2cnc(-c4ccccc4)cc23)c1.[Ir]. The van der Waals surface area contributed by atoms with E-state index in [1.807, 2.05) is 54.7 Å². The van der Waals surface area contributed by atoms with Crippen molar-refractivity contribution in [2.45, 2.75) is 56.8 Å². The summed E-state index contributed by atoms with van der Waals surface area (Å²) in [6, 6.07) is 37.4. The zero-order chi connectivity index (χ0) is 33.1. The van der Waals surface area contributed by atoms with Crippen LogP contribution in [0.4, 0.5) is 0 Å². The molecule has 3 aromatic carbocycles. The predicted molar refractivity (Wildman–Crippen MR) is 199 cm³/mol. The summed E-state index contributed by atoms with van der Waals surface area (Å²) in [6.07, 6.45) is 5.78. The van der Waals surface area contributed by atoms with Gasteiger partial charge in [-0.15, -0.1) is 18.2 Å². The third kappa shape index (κ3) is 7.70. The summed E-state index contributed by atoms with van der Waals surface area (Å²) in [5, 5.41) is 2.11. The molecule has 4 aromatic heterocycles. The van der Waals surface area contributed by atoms with Crippen molar-refractivity contribution in [2.75, 3.05) is 0 Å². The minimum atomic E-state index is -1.85. The fraction of sp³-hybridized carbons (Fsp3) is 0.214. The number of aromatic nitrogens is 3. The van der Waals surface area contributed by atoms with Gasteiger partial charge in [0, 0.05) is 37.3 Å². The predicted octanol–water partition coefficient (Wildman–Crippen LogP) is 10.8. The van der Waals surface area contributed by atoms with Gasteiger partial charge in [0.2, 0.25) is 0 Å². The van der Waals surface area contributed by atoms with Gasteiger partial charge in [-0.2, -0.15) is 0 Å². The number of fused-ring (bicyclic) bond motifs is 3. The molecule has 0 amide bonds. The Morgan fingerprint density at radius 2 is 1.42 bits per heavy atom. The van der Waals surface area contributed by atoms with E-state index in [-0.39, 0.29) is 20.1 Å². The van der Waals surface area contributed by atoms with Crippen molar-refractivity contribution >= 4 is 39.6 Å². The molecule has 0 unspecified atom stereocenters. The summed E-state index contributed by atoms with van der Waals surface area (Å²) in [6.45, 7) is 8.90. The minimum absolute atomic E-state index is 0. The second kappa shape index (κ2) is 15.1. The van der Waals surface area contributed by atoms with Crippen molar-refractivity contribution < 1.29 is 24.5 Å². The van der Waals surface area contributed by atoms with Crippen molar-refractivity contribution in [3.8, 4) is 33.8 Å². The number of pyridine rings is 3. The molecule has 0 saturated heterocycles. The molecular formula is C42H41GeIrN3O-2. The summed E-state index contributed by atoms with van der Waals surface area (Å²) < 4.78 is 7.72. The first kappa shape index (κ1) is 35.4. The largest absolute Gasteiger partial charge is 0.499 e. The zero-order valence-electron chi connectivity index (χ0n) is 28.6. The van der Waals surface area contributed by atoms with Gasteiger partial charge in [-0.05, 0) is 23.7 Å². The third-order valence-electron chi connectivity index (χ3n) is 8.45. The van der Waals surface area contributed by atoms with Gasteiger partial charge in [0.25, 0.3) is 0 Å². The van der Waals surface area contributed by atoms with Crippen LogP contribution in [0.3, 0.4) is 0 Å². The fourth-order valence-electron chi connectivity index (χ4n) is 5.82. The van der Waals surface area contributed by atoms with E-state index >= 15 is 0 Å². The maximum absolute atomic E-state index is 6.20. The van der Waals surface area contributed by atoms with Crippen LogP contribution in [-0.4, -0.2) is 28.2 Å². The number of rotatable bonds is 6. The maximum atomic E-state index is 6.20. The van der Waals surface area contributed by atoms with Crippen LogP contribution in [-0.2, 0) is 20.1 Å². The van der Waals surface area contributed by atoms with Crippen LogP contribution < -0.4 is 4.40 Å². The maximum Gasteiger partial charge on any atom is 0.139 e. The monoisotopic (exact) mass is 870 g/mol. The molecule has 0 fully saturated rings. The standard InChI is InChI=1S/C25H19N2O.C17H22GeN.Ir/c1-16(2)18-11-12-26-23(13-18)20-10-6-9-19-21-14-22(17-7-4-3-5-8-17)27-15-24(21)28-25(19)20;1-13(2)15-11-17(14-9-7-6-8-10-14)19-12-16(15)18(3,4)5;/h3-9,11-16H,1-2H3;6-9,11-13H,1-5H3;/q2*-1;. The molecule has 48 heavy (non-hydrogen) atoms. The summed E-state index contributed by atoms with van der Waals surface area (Å²) in [4.78, 5) is 13.8. The number of nitrogens with zero attached hydrogens (tertiary/aromatic N) is 3. The second-order valence-electron chi connectivity index (χ2n) is 13.6. The van der Waals surface area contributed by atoms with E-state index < -0.39 is 13.3 Å². The number of benzene rings is 3. The minimum Gasteiger partial charge on any atom is -0.499 e. The molecule has 4 nitrogen and oxygen atoms in total. The second-order valence-corrected chi connectivity index (χ2v) is 24.2. The zero-order valence-corrected chi connectivity index (χ0v) is 33.1. The van der Waals surface area contributed by atoms with Gasteiger partial charge in [-0.1, -0.05) is 66.8 Å². The Morgan fingerprint density at radius 3 is 2.10 bits per heavy atom. The first-order valence-electron chi connectivity index (χ1n) is 16.3. The van der Waals surface area contributed by atoms with Crippen LogP contribution in [0.5, 0.6) is 0 Å². The molecule has 0 aliphatic rings. The molecular weight excluding hydrogens is 827 g/mol. The average Bonchev–Trinajstić information content (AvgIpc) is 3.47. The molecule has 0 bridgehead atoms. The quantitative estimate of drug-likeness (QED) is 0.123. The van der Waals surface area contributed by atoms with Crippen molar-refractivity contribution in [3.05, 3.63) is 133 Å². The van der Waals surface area contributed by atoms with Gasteiger partial charge in [0.15, 0.2) is 0 Å². The summed E-state index contributed by atoms with van der Waals surface area (Å²) in [7, 11) is 0. The average molecular weight is 869 g/mol. The van der Waals surface area contributed by atoms with Gasteiger partial charge in [-0.25, -0.2) is 0 Å². The molecule has 0 atom stereocenters. The Bertz CT molecular complexity index is 2130. The van der Waals surface area contributed by atoms with Gasteiger partial charge in [0.05, 0.1) is 17.5 Å². The van der Waals surface area contributed by atoms with Crippen molar-refractivity contribution in [1.82, 2.24) is 15.0 Å². The first-order valence-corrected chi connectivity index (χ1v) is 23.7. The van der Waals surface area contributed by atoms with Gasteiger partial charge < -0.3 is 9.40 Å². The molecule has 7 rings (SSSR count). The molecule has 0 aliphatic heterocycles. The Morgan fingerprint density at radius 1 is 0.667 bits per heavy atom. The van der Waals surface area contributed by atoms with Gasteiger partial charge in [0.1, 0.15) is 5.58 Å². The van der Waals surface area contributed by atoms with Crippen LogP contribution >= 0.6 is 0 Å². The molecule has 0 spiro atoms. The molecule has 0 N–H and O–H groups in total. The van der Waals surface area contributed by atoms with E-state index in [2.05, 4.69) is 121 Å². The number of furan rings is 1. The van der Waals surface area contributed by atoms with E-state index in [1.54, 1.807) is 6.20 Å². The van der Waals surface area contributed by atoms with E-state index in [0.717, 1.165) is 55.7 Å². The van der Waals surface area contributed by atoms with Crippen LogP contribution in [0.15, 0.2) is 114 Å². The third-order valence-corrected chi connectivity index (χ3v) is 12.7. The Kier molecular flexibility index (Phi) is 11.1. The van der Waals surface area contributed by atoms with E-state index in [4.69, 9.17) is 4.42 Å². The molecule has 4 heterocycles. The molecule has 245 valence electrons. The molecule has 7 aromatic rings. The molecule has 6 heteroatoms. The first-order chi connectivity index (χ1) is 22.6. The summed E-state index contributed by atoms with van der Waals surface area (Å²) in [5.74, 6) is 8.27. The van der Waals surface area contributed by atoms with Gasteiger partial charge in [-0.3, -0.25) is 4.98 Å². The normalized spacial score (nSPS) is 11.4. The van der Waals surface area contributed by atoms with Crippen molar-refractivity contribution in [2.24, 2.45) is 0 Å². The Labute approximate surface area is 300 Å². The fourth-order valence-corrected chi connectivity index (χ4v) is 9.34. The van der Waals surface area contributed by atoms with E-state index in [1.165, 1.54) is 15.5 Å². The topological polar surface area (TPSA) is 51.8 Å². The van der Waals surface area contributed by atoms with Crippen molar-refractivity contribution in [3.63, 3.8) is 0 Å². The Balaban J connectivity index is 0.000000198. The van der Waals surface area contributed by atoms with E-state index in [0.29, 0.717) is 11.8 Å². The number of hydrogen-bond acceptors (Lipinski definition) is 4. The van der Waals surface area contributed by atoms with Crippen molar-refractivity contribution in [1.29, 1.82) is 0 Å². The van der Waals surface area contributed by atoms with Crippen LogP contribution in [0.25, 0.3) is 55.7 Å². The molecule has 0 saturated carbocycles. The van der Waals surface area contributed by atoms with Crippen LogP contribution in [0, 0.1) is 12.1 Å². The Hall–Kier alpha value is -3.90. The van der Waals surface area contributed by atoms with Crippen LogP contribution in [0.1, 0.15) is 50.7 Å². The summed E-state index contributed by atoms with van der Waals surface area (Å²) >= 11 is -1.85. The van der Waals surface area contributed by atoms with E-state index in [9.17, 15) is 0 Å². The molecule has 0 aliphatic carbocycles. The smallest absolute Gasteiger partial charge is 0.139 e. The van der Waals surface area contributed by atoms with Crippen LogP contribution in [0.2, 0.25) is 17.3 Å².